The van der Waals surface area contributed by atoms with Crippen molar-refractivity contribution in [2.24, 2.45) is 10.9 Å². The number of hydrogen-bond acceptors (Lipinski definition) is 3. The van der Waals surface area contributed by atoms with Gasteiger partial charge in [0.15, 0.2) is 5.96 Å². The second-order valence-corrected chi connectivity index (χ2v) is 8.32. The second kappa shape index (κ2) is 11.4. The summed E-state index contributed by atoms with van der Waals surface area (Å²) in [5.41, 5.74) is 1.48. The van der Waals surface area contributed by atoms with Crippen LogP contribution in [-0.2, 0) is 0 Å². The molecule has 158 valence electrons. The van der Waals surface area contributed by atoms with E-state index in [9.17, 15) is 0 Å². The van der Waals surface area contributed by atoms with Crippen molar-refractivity contribution in [1.29, 1.82) is 0 Å². The Labute approximate surface area is 188 Å². The van der Waals surface area contributed by atoms with Crippen LogP contribution in [-0.4, -0.2) is 86.6 Å². The molecule has 2 aliphatic rings. The average Bonchev–Trinajstić information content (AvgIpc) is 2.68. The number of rotatable bonds is 4. The maximum absolute atomic E-state index is 5.04. The Kier molecular flexibility index (Phi) is 9.50. The van der Waals surface area contributed by atoms with Crippen LogP contribution in [0.4, 0.5) is 0 Å². The summed E-state index contributed by atoms with van der Waals surface area (Å²) in [5.74, 6) is 2.38. The lowest BCUT2D eigenvalue weighted by Crippen LogP contribution is -2.52. The van der Waals surface area contributed by atoms with E-state index in [0.717, 1.165) is 51.8 Å². The predicted octanol–water partition coefficient (Wildman–Crippen LogP) is 2.94. The summed E-state index contributed by atoms with van der Waals surface area (Å²) in [6.07, 6.45) is 1.20. The number of likely N-dealkylation sites (tertiary alicyclic amines) is 1. The highest BCUT2D eigenvalue weighted by Gasteiger charge is 2.29. The number of piperazine rings is 1. The van der Waals surface area contributed by atoms with Crippen molar-refractivity contribution < 1.29 is 0 Å². The summed E-state index contributed by atoms with van der Waals surface area (Å²) in [6, 6.07) is 11.5. The third-order valence-corrected chi connectivity index (χ3v) is 6.20. The van der Waals surface area contributed by atoms with Crippen molar-refractivity contribution in [1.82, 2.24) is 20.0 Å². The van der Waals surface area contributed by atoms with Crippen molar-refractivity contribution in [3.05, 3.63) is 35.9 Å². The number of guanidine groups is 1. The number of hydrogen-bond donors (Lipinski definition) is 1. The summed E-state index contributed by atoms with van der Waals surface area (Å²) in [6.45, 7) is 11.9. The van der Waals surface area contributed by atoms with Gasteiger partial charge in [-0.25, -0.2) is 0 Å². The van der Waals surface area contributed by atoms with E-state index in [0.29, 0.717) is 17.9 Å². The third kappa shape index (κ3) is 6.07. The highest BCUT2D eigenvalue weighted by atomic mass is 127. The molecule has 0 aliphatic carbocycles. The first-order valence-corrected chi connectivity index (χ1v) is 10.6. The minimum absolute atomic E-state index is 0. The molecule has 6 heteroatoms. The molecule has 2 saturated heterocycles. The Morgan fingerprint density at radius 1 is 1.11 bits per heavy atom. The van der Waals surface area contributed by atoms with Gasteiger partial charge in [0.2, 0.25) is 0 Å². The lowest BCUT2D eigenvalue weighted by molar-refractivity contribution is 0.119. The quantitative estimate of drug-likeness (QED) is 0.393. The molecule has 3 atom stereocenters. The van der Waals surface area contributed by atoms with Crippen LogP contribution in [0.15, 0.2) is 35.3 Å². The molecule has 2 fully saturated rings. The second-order valence-electron chi connectivity index (χ2n) is 8.32. The average molecular weight is 499 g/mol. The topological polar surface area (TPSA) is 34.1 Å². The van der Waals surface area contributed by atoms with Crippen LogP contribution in [0.3, 0.4) is 0 Å². The van der Waals surface area contributed by atoms with Crippen LogP contribution < -0.4 is 5.32 Å². The molecule has 5 nitrogen and oxygen atoms in total. The Morgan fingerprint density at radius 2 is 1.86 bits per heavy atom. The van der Waals surface area contributed by atoms with Crippen LogP contribution in [0.1, 0.15) is 31.7 Å². The summed E-state index contributed by atoms with van der Waals surface area (Å²) >= 11 is 0. The van der Waals surface area contributed by atoms with Gasteiger partial charge in [-0.3, -0.25) is 9.89 Å². The maximum atomic E-state index is 5.04. The number of nitrogens with zero attached hydrogens (tertiary/aromatic N) is 4. The van der Waals surface area contributed by atoms with Crippen molar-refractivity contribution in [3.8, 4) is 0 Å². The highest BCUT2D eigenvalue weighted by molar-refractivity contribution is 14.0. The van der Waals surface area contributed by atoms with E-state index in [1.165, 1.54) is 12.0 Å². The van der Waals surface area contributed by atoms with Crippen LogP contribution in [0.5, 0.6) is 0 Å². The zero-order chi connectivity index (χ0) is 19.2. The molecule has 3 rings (SSSR count). The zero-order valence-electron chi connectivity index (χ0n) is 18.0. The number of nitrogens with one attached hydrogen (secondary N) is 1. The van der Waals surface area contributed by atoms with Gasteiger partial charge in [-0.1, -0.05) is 37.3 Å². The normalized spacial score (nSPS) is 27.4. The summed E-state index contributed by atoms with van der Waals surface area (Å²) in [5, 5.41) is 3.54. The van der Waals surface area contributed by atoms with Gasteiger partial charge in [-0.2, -0.15) is 0 Å². The Balaban J connectivity index is 0.00000280. The van der Waals surface area contributed by atoms with E-state index in [4.69, 9.17) is 4.99 Å². The van der Waals surface area contributed by atoms with E-state index in [1.54, 1.807) is 0 Å². The number of benzene rings is 1. The van der Waals surface area contributed by atoms with Gasteiger partial charge in [-0.15, -0.1) is 24.0 Å². The van der Waals surface area contributed by atoms with Crippen molar-refractivity contribution in [2.45, 2.75) is 32.2 Å². The summed E-state index contributed by atoms with van der Waals surface area (Å²) < 4.78 is 0. The molecule has 2 heterocycles. The molecule has 0 spiro atoms. The van der Waals surface area contributed by atoms with Crippen molar-refractivity contribution in [2.75, 3.05) is 59.9 Å². The van der Waals surface area contributed by atoms with Gasteiger partial charge in [0, 0.05) is 45.3 Å². The van der Waals surface area contributed by atoms with E-state index in [1.807, 2.05) is 0 Å². The molecule has 0 saturated carbocycles. The van der Waals surface area contributed by atoms with Crippen LogP contribution in [0, 0.1) is 5.92 Å². The lowest BCUT2D eigenvalue weighted by Gasteiger charge is -2.40. The third-order valence-electron chi connectivity index (χ3n) is 6.20. The van der Waals surface area contributed by atoms with Crippen molar-refractivity contribution >= 4 is 29.9 Å². The summed E-state index contributed by atoms with van der Waals surface area (Å²) in [7, 11) is 4.44. The highest BCUT2D eigenvalue weighted by Crippen LogP contribution is 2.32. The molecule has 2 aliphatic heterocycles. The van der Waals surface area contributed by atoms with Gasteiger partial charge in [0.25, 0.3) is 0 Å². The number of aliphatic imine (C=N–C) groups is 1. The maximum Gasteiger partial charge on any atom is 0.193 e. The fourth-order valence-corrected chi connectivity index (χ4v) is 4.45. The van der Waals surface area contributed by atoms with Gasteiger partial charge in [-0.05, 0) is 44.8 Å². The minimum atomic E-state index is 0. The first-order valence-electron chi connectivity index (χ1n) is 10.6. The number of likely N-dealkylation sites (N-methyl/N-ethyl adjacent to an activating group) is 2. The van der Waals surface area contributed by atoms with Gasteiger partial charge < -0.3 is 15.1 Å². The number of piperidine rings is 1. The first kappa shape index (κ1) is 23.4. The molecule has 0 bridgehead atoms. The van der Waals surface area contributed by atoms with E-state index in [-0.39, 0.29) is 24.0 Å². The predicted molar refractivity (Wildman–Crippen MR) is 130 cm³/mol. The lowest BCUT2D eigenvalue weighted by atomic mass is 9.82. The van der Waals surface area contributed by atoms with Crippen LogP contribution >= 0.6 is 24.0 Å². The van der Waals surface area contributed by atoms with E-state index >= 15 is 0 Å². The van der Waals surface area contributed by atoms with E-state index in [2.05, 4.69) is 78.3 Å². The van der Waals surface area contributed by atoms with Crippen molar-refractivity contribution in [3.63, 3.8) is 0 Å². The monoisotopic (exact) mass is 499 g/mol. The number of halogens is 1. The zero-order valence-corrected chi connectivity index (χ0v) is 20.3. The molecule has 1 aromatic rings. The standard InChI is InChI=1S/C22H37N5.HI/c1-5-23-22(24-15-20-17-25(3)13-14-26(20)4)27-12-11-21(18(2)16-27)19-9-7-6-8-10-19;/h6-10,18,20-21H,5,11-17H2,1-4H3,(H,23,24);1H. The molecule has 0 aromatic heterocycles. The fraction of sp³-hybridized carbons (Fsp3) is 0.682. The molecule has 1 N–H and O–H groups in total. The smallest absolute Gasteiger partial charge is 0.193 e. The minimum Gasteiger partial charge on any atom is -0.357 e. The molecule has 1 aromatic carbocycles. The van der Waals surface area contributed by atoms with Gasteiger partial charge >= 0.3 is 0 Å². The molecular formula is C22H38IN5. The van der Waals surface area contributed by atoms with Gasteiger partial charge in [0.1, 0.15) is 0 Å². The Morgan fingerprint density at radius 3 is 2.54 bits per heavy atom. The molecule has 0 amide bonds. The fourth-order valence-electron chi connectivity index (χ4n) is 4.45. The van der Waals surface area contributed by atoms with E-state index < -0.39 is 0 Å². The van der Waals surface area contributed by atoms with Gasteiger partial charge in [0.05, 0.1) is 6.54 Å². The molecular weight excluding hydrogens is 461 g/mol. The SMILES string of the molecule is CCNC(=NCC1CN(C)CCN1C)N1CCC(c2ccccc2)C(C)C1.I. The largest absolute Gasteiger partial charge is 0.357 e. The van der Waals surface area contributed by atoms with Crippen LogP contribution in [0.25, 0.3) is 0 Å². The molecule has 0 radical (unpaired) electrons. The van der Waals surface area contributed by atoms with Crippen LogP contribution in [0.2, 0.25) is 0 Å². The first-order chi connectivity index (χ1) is 13.1. The Hall–Kier alpha value is -0.860. The summed E-state index contributed by atoms with van der Waals surface area (Å²) in [4.78, 5) is 12.4. The Bertz CT molecular complexity index is 608. The molecule has 3 unspecified atom stereocenters. The molecule has 28 heavy (non-hydrogen) atoms.